The molecule has 0 bridgehead atoms. The van der Waals surface area contributed by atoms with Crippen LogP contribution >= 0.6 is 11.6 Å². The summed E-state index contributed by atoms with van der Waals surface area (Å²) in [6.07, 6.45) is 0. The van der Waals surface area contributed by atoms with Gasteiger partial charge in [-0.25, -0.2) is 13.6 Å². The molecule has 0 spiro atoms. The van der Waals surface area contributed by atoms with Crippen molar-refractivity contribution in [2.45, 2.75) is 0 Å². The lowest BCUT2D eigenvalue weighted by Crippen LogP contribution is -2.21. The summed E-state index contributed by atoms with van der Waals surface area (Å²) in [6, 6.07) is 8.66. The third kappa shape index (κ3) is 4.53. The van der Waals surface area contributed by atoms with Gasteiger partial charge in [0.15, 0.2) is 6.61 Å². The van der Waals surface area contributed by atoms with E-state index in [2.05, 4.69) is 10.1 Å². The molecule has 4 nitrogen and oxygen atoms in total. The highest BCUT2D eigenvalue weighted by molar-refractivity contribution is 6.30. The normalized spacial score (nSPS) is 10.1. The fraction of sp³-hybridized carbons (Fsp3) is 0.0667. The maximum Gasteiger partial charge on any atom is 0.338 e. The van der Waals surface area contributed by atoms with Crippen molar-refractivity contribution in [3.63, 3.8) is 0 Å². The number of esters is 1. The Kier molecular flexibility index (Phi) is 5.06. The van der Waals surface area contributed by atoms with Crippen LogP contribution in [0.1, 0.15) is 10.4 Å². The van der Waals surface area contributed by atoms with Crippen LogP contribution in [0.3, 0.4) is 0 Å². The summed E-state index contributed by atoms with van der Waals surface area (Å²) in [4.78, 5) is 23.2. The van der Waals surface area contributed by atoms with Crippen LogP contribution < -0.4 is 5.32 Å². The second-order valence-corrected chi connectivity index (χ2v) is 4.73. The number of halogens is 3. The molecule has 0 aliphatic rings. The Morgan fingerprint density at radius 3 is 2.41 bits per heavy atom. The zero-order valence-electron chi connectivity index (χ0n) is 11.1. The van der Waals surface area contributed by atoms with Crippen LogP contribution in [-0.2, 0) is 9.53 Å². The van der Waals surface area contributed by atoms with Gasteiger partial charge in [0.05, 0.1) is 5.56 Å². The van der Waals surface area contributed by atoms with E-state index >= 15 is 0 Å². The summed E-state index contributed by atoms with van der Waals surface area (Å²) >= 11 is 5.76. The van der Waals surface area contributed by atoms with E-state index in [4.69, 9.17) is 11.6 Å². The van der Waals surface area contributed by atoms with Crippen LogP contribution in [0.5, 0.6) is 0 Å². The molecule has 0 radical (unpaired) electrons. The second-order valence-electron chi connectivity index (χ2n) is 4.29. The summed E-state index contributed by atoms with van der Waals surface area (Å²) in [5, 5.41) is 2.90. The number of ether oxygens (including phenoxy) is 1. The smallest absolute Gasteiger partial charge is 0.338 e. The average molecular weight is 326 g/mol. The first-order chi connectivity index (χ1) is 10.4. The molecule has 7 heteroatoms. The van der Waals surface area contributed by atoms with Gasteiger partial charge in [-0.05, 0) is 30.3 Å². The molecule has 22 heavy (non-hydrogen) atoms. The number of hydrogen-bond donors (Lipinski definition) is 1. The van der Waals surface area contributed by atoms with Crippen LogP contribution in [0.15, 0.2) is 42.5 Å². The van der Waals surface area contributed by atoms with Gasteiger partial charge >= 0.3 is 5.97 Å². The number of nitrogens with one attached hydrogen (secondary N) is 1. The first-order valence-electron chi connectivity index (χ1n) is 6.12. The Bertz CT molecular complexity index is 701. The van der Waals surface area contributed by atoms with Gasteiger partial charge in [-0.2, -0.15) is 0 Å². The minimum atomic E-state index is -1.00. The van der Waals surface area contributed by atoms with Gasteiger partial charge in [-0.15, -0.1) is 0 Å². The van der Waals surface area contributed by atoms with Gasteiger partial charge in [-0.3, -0.25) is 4.79 Å². The van der Waals surface area contributed by atoms with Crippen LogP contribution in [0.25, 0.3) is 0 Å². The van der Waals surface area contributed by atoms with Crippen LogP contribution in [0, 0.1) is 11.6 Å². The summed E-state index contributed by atoms with van der Waals surface area (Å²) < 4.78 is 30.6. The Balaban J connectivity index is 1.92. The molecule has 0 aromatic heterocycles. The molecule has 0 aliphatic carbocycles. The maximum absolute atomic E-state index is 13.0. The molecule has 0 aliphatic heterocycles. The molecule has 0 unspecified atom stereocenters. The molecule has 0 atom stereocenters. The molecular weight excluding hydrogens is 316 g/mol. The minimum absolute atomic E-state index is 0.312. The van der Waals surface area contributed by atoms with Gasteiger partial charge in [0.1, 0.15) is 11.6 Å². The minimum Gasteiger partial charge on any atom is -0.452 e. The second kappa shape index (κ2) is 7.00. The van der Waals surface area contributed by atoms with Gasteiger partial charge in [0.25, 0.3) is 5.91 Å². The summed E-state index contributed by atoms with van der Waals surface area (Å²) in [5.74, 6) is -3.42. The predicted molar refractivity (Wildman–Crippen MR) is 76.7 cm³/mol. The van der Waals surface area contributed by atoms with Crippen LogP contribution in [-0.4, -0.2) is 18.5 Å². The first kappa shape index (κ1) is 15.9. The van der Waals surface area contributed by atoms with E-state index in [1.807, 2.05) is 0 Å². The van der Waals surface area contributed by atoms with Crippen molar-refractivity contribution in [1.29, 1.82) is 0 Å². The summed E-state index contributed by atoms with van der Waals surface area (Å²) in [5.41, 5.74) is 0.124. The van der Waals surface area contributed by atoms with Crippen LogP contribution in [0.2, 0.25) is 5.02 Å². The number of carbonyl (C=O) groups is 2. The lowest BCUT2D eigenvalue weighted by Gasteiger charge is -2.07. The molecule has 0 heterocycles. The highest BCUT2D eigenvalue weighted by Crippen LogP contribution is 2.15. The predicted octanol–water partition coefficient (Wildman–Crippen LogP) is 3.41. The Labute approximate surface area is 129 Å². The Morgan fingerprint density at radius 2 is 1.77 bits per heavy atom. The van der Waals surface area contributed by atoms with Crippen molar-refractivity contribution < 1.29 is 23.1 Å². The monoisotopic (exact) mass is 325 g/mol. The third-order valence-corrected chi connectivity index (χ3v) is 2.78. The van der Waals surface area contributed by atoms with E-state index in [-0.39, 0.29) is 5.56 Å². The zero-order chi connectivity index (χ0) is 16.1. The van der Waals surface area contributed by atoms with Crippen LogP contribution in [0.4, 0.5) is 14.5 Å². The van der Waals surface area contributed by atoms with E-state index in [0.29, 0.717) is 16.8 Å². The number of rotatable bonds is 4. The number of amides is 1. The van der Waals surface area contributed by atoms with Gasteiger partial charge in [0.2, 0.25) is 0 Å². The number of anilines is 1. The topological polar surface area (TPSA) is 55.4 Å². The summed E-state index contributed by atoms with van der Waals surface area (Å²) in [7, 11) is 0. The number of benzene rings is 2. The molecule has 2 aromatic rings. The van der Waals surface area contributed by atoms with E-state index < -0.39 is 30.1 Å². The maximum atomic E-state index is 13.0. The molecule has 0 saturated heterocycles. The summed E-state index contributed by atoms with van der Waals surface area (Å²) in [6.45, 7) is -0.594. The number of carbonyl (C=O) groups excluding carboxylic acids is 2. The molecule has 114 valence electrons. The zero-order valence-corrected chi connectivity index (χ0v) is 11.9. The van der Waals surface area contributed by atoms with Crippen molar-refractivity contribution >= 4 is 29.2 Å². The van der Waals surface area contributed by atoms with E-state index in [1.54, 1.807) is 18.2 Å². The molecule has 1 amide bonds. The third-order valence-electron chi connectivity index (χ3n) is 2.54. The van der Waals surface area contributed by atoms with Crippen molar-refractivity contribution in [1.82, 2.24) is 0 Å². The Hall–Kier alpha value is -2.47. The van der Waals surface area contributed by atoms with E-state index in [1.165, 1.54) is 6.07 Å². The van der Waals surface area contributed by atoms with Gasteiger partial charge in [-0.1, -0.05) is 17.7 Å². The van der Waals surface area contributed by atoms with E-state index in [9.17, 15) is 18.4 Å². The van der Waals surface area contributed by atoms with Crippen molar-refractivity contribution in [2.75, 3.05) is 11.9 Å². The highest BCUT2D eigenvalue weighted by Gasteiger charge is 2.13. The van der Waals surface area contributed by atoms with Gasteiger partial charge in [0, 0.05) is 16.8 Å². The number of hydrogen-bond acceptors (Lipinski definition) is 3. The quantitative estimate of drug-likeness (QED) is 0.876. The SMILES string of the molecule is O=C(COC(=O)c1cc(F)cc(F)c1)Nc1cccc(Cl)c1. The molecule has 1 N–H and O–H groups in total. The van der Waals surface area contributed by atoms with Crippen molar-refractivity contribution in [3.05, 3.63) is 64.7 Å². The molecule has 2 aromatic carbocycles. The first-order valence-corrected chi connectivity index (χ1v) is 6.50. The van der Waals surface area contributed by atoms with Crippen molar-refractivity contribution in [2.24, 2.45) is 0 Å². The molecule has 0 fully saturated rings. The van der Waals surface area contributed by atoms with E-state index in [0.717, 1.165) is 12.1 Å². The van der Waals surface area contributed by atoms with Gasteiger partial charge < -0.3 is 10.1 Å². The van der Waals surface area contributed by atoms with Crippen molar-refractivity contribution in [3.8, 4) is 0 Å². The largest absolute Gasteiger partial charge is 0.452 e. The fourth-order valence-electron chi connectivity index (χ4n) is 1.65. The fourth-order valence-corrected chi connectivity index (χ4v) is 1.84. The standard InChI is InChI=1S/C15H10ClF2NO3/c16-10-2-1-3-13(6-10)19-14(20)8-22-15(21)9-4-11(17)7-12(18)5-9/h1-7H,8H2,(H,19,20). The lowest BCUT2D eigenvalue weighted by molar-refractivity contribution is -0.119. The molecular formula is C15H10ClF2NO3. The average Bonchev–Trinajstić information content (AvgIpc) is 2.43. The highest BCUT2D eigenvalue weighted by atomic mass is 35.5. The Morgan fingerprint density at radius 1 is 1.09 bits per heavy atom. The molecule has 2 rings (SSSR count). The lowest BCUT2D eigenvalue weighted by atomic mass is 10.2. The molecule has 0 saturated carbocycles.